The van der Waals surface area contributed by atoms with Crippen molar-refractivity contribution in [3.8, 4) is 5.75 Å². The zero-order chi connectivity index (χ0) is 12.3. The van der Waals surface area contributed by atoms with Crippen molar-refractivity contribution >= 4 is 17.3 Å². The molecule has 2 rings (SSSR count). The number of ether oxygens (including phenoxy) is 1. The molecule has 1 saturated heterocycles. The molecule has 0 aromatic heterocycles. The van der Waals surface area contributed by atoms with Gasteiger partial charge in [0.25, 0.3) is 0 Å². The molecule has 1 aromatic rings. The Hall–Kier alpha value is -0.930. The third-order valence-corrected chi connectivity index (χ3v) is 3.62. The third-order valence-electron chi connectivity index (χ3n) is 3.38. The molecule has 0 atom stereocenters. The van der Waals surface area contributed by atoms with Gasteiger partial charge in [-0.25, -0.2) is 0 Å². The third kappa shape index (κ3) is 2.85. The number of halogens is 1. The first kappa shape index (κ1) is 12.5. The van der Waals surface area contributed by atoms with Gasteiger partial charge in [-0.05, 0) is 38.1 Å². The van der Waals surface area contributed by atoms with Crippen LogP contribution in [0.1, 0.15) is 12.8 Å². The summed E-state index contributed by atoms with van der Waals surface area (Å²) in [4.78, 5) is 2.35. The average Bonchev–Trinajstić information content (AvgIpc) is 2.39. The average molecular weight is 255 g/mol. The number of anilines is 1. The van der Waals surface area contributed by atoms with E-state index < -0.39 is 0 Å². The molecule has 4 heteroatoms. The number of benzene rings is 1. The van der Waals surface area contributed by atoms with Gasteiger partial charge >= 0.3 is 0 Å². The Labute approximate surface area is 108 Å². The highest BCUT2D eigenvalue weighted by atomic mass is 35.5. The minimum atomic E-state index is 0.636. The minimum absolute atomic E-state index is 0.636. The summed E-state index contributed by atoms with van der Waals surface area (Å²) in [6, 6.07) is 6.42. The largest absolute Gasteiger partial charge is 0.495 e. The number of hydrogen-bond donors (Lipinski definition) is 1. The van der Waals surface area contributed by atoms with Crippen molar-refractivity contribution in [1.29, 1.82) is 0 Å². The Balaban J connectivity index is 2.14. The van der Waals surface area contributed by atoms with E-state index in [1.165, 1.54) is 0 Å². The van der Waals surface area contributed by atoms with Crippen molar-refractivity contribution < 1.29 is 4.74 Å². The van der Waals surface area contributed by atoms with Crippen molar-refractivity contribution in [2.75, 3.05) is 32.1 Å². The maximum Gasteiger partial charge on any atom is 0.142 e. The molecule has 3 nitrogen and oxygen atoms in total. The molecule has 0 amide bonds. The fourth-order valence-electron chi connectivity index (χ4n) is 2.32. The second kappa shape index (κ2) is 5.61. The lowest BCUT2D eigenvalue weighted by Gasteiger charge is -2.34. The van der Waals surface area contributed by atoms with Gasteiger partial charge in [-0.15, -0.1) is 0 Å². The lowest BCUT2D eigenvalue weighted by Crippen LogP contribution is -2.41. The smallest absolute Gasteiger partial charge is 0.142 e. The van der Waals surface area contributed by atoms with E-state index in [1.54, 1.807) is 7.11 Å². The Morgan fingerprint density at radius 1 is 1.35 bits per heavy atom. The van der Waals surface area contributed by atoms with E-state index in [2.05, 4.69) is 10.2 Å². The summed E-state index contributed by atoms with van der Waals surface area (Å²) in [6.07, 6.45) is 2.32. The molecule has 1 aliphatic rings. The van der Waals surface area contributed by atoms with Gasteiger partial charge in [-0.1, -0.05) is 11.6 Å². The van der Waals surface area contributed by atoms with Gasteiger partial charge in [0, 0.05) is 24.2 Å². The van der Waals surface area contributed by atoms with Crippen LogP contribution < -0.4 is 15.0 Å². The zero-order valence-electron chi connectivity index (χ0n) is 10.4. The molecular formula is C13H19ClN2O. The quantitative estimate of drug-likeness (QED) is 0.897. The molecule has 0 radical (unpaired) electrons. The van der Waals surface area contributed by atoms with Gasteiger partial charge in [0.15, 0.2) is 0 Å². The number of piperidine rings is 1. The van der Waals surface area contributed by atoms with Crippen molar-refractivity contribution in [1.82, 2.24) is 5.32 Å². The monoisotopic (exact) mass is 254 g/mol. The number of methoxy groups -OCH3 is 1. The molecule has 1 N–H and O–H groups in total. The van der Waals surface area contributed by atoms with Crippen LogP contribution in [-0.4, -0.2) is 33.3 Å². The fourth-order valence-corrected chi connectivity index (χ4v) is 2.49. The van der Waals surface area contributed by atoms with E-state index in [9.17, 15) is 0 Å². The minimum Gasteiger partial charge on any atom is -0.495 e. The molecular weight excluding hydrogens is 236 g/mol. The predicted molar refractivity (Wildman–Crippen MR) is 72.3 cm³/mol. The van der Waals surface area contributed by atoms with Crippen LogP contribution in [-0.2, 0) is 0 Å². The summed E-state index contributed by atoms with van der Waals surface area (Å²) in [5, 5.41) is 4.09. The van der Waals surface area contributed by atoms with E-state index in [-0.39, 0.29) is 0 Å². The molecule has 1 heterocycles. The lowest BCUT2D eigenvalue weighted by atomic mass is 10.0. The molecule has 0 aliphatic carbocycles. The molecule has 0 spiro atoms. The Morgan fingerprint density at radius 3 is 2.65 bits per heavy atom. The first-order chi connectivity index (χ1) is 8.24. The van der Waals surface area contributed by atoms with Crippen molar-refractivity contribution in [3.63, 3.8) is 0 Å². The summed E-state index contributed by atoms with van der Waals surface area (Å²) < 4.78 is 5.39. The van der Waals surface area contributed by atoms with Crippen LogP contribution in [0, 0.1) is 0 Å². The van der Waals surface area contributed by atoms with Crippen molar-refractivity contribution in [3.05, 3.63) is 23.2 Å². The standard InChI is InChI=1S/C13H19ClN2O/c1-15-11-5-7-16(8-6-11)12-9-10(14)3-4-13(12)17-2/h3-4,9,11,15H,5-8H2,1-2H3. The summed E-state index contributed by atoms with van der Waals surface area (Å²) in [6.45, 7) is 2.09. The van der Waals surface area contributed by atoms with Gasteiger partial charge in [-0.2, -0.15) is 0 Å². The van der Waals surface area contributed by atoms with Crippen LogP contribution in [0.15, 0.2) is 18.2 Å². The predicted octanol–water partition coefficient (Wildman–Crippen LogP) is 2.54. The lowest BCUT2D eigenvalue weighted by molar-refractivity contribution is 0.406. The molecule has 1 fully saturated rings. The van der Waals surface area contributed by atoms with Crippen LogP contribution in [0.25, 0.3) is 0 Å². The second-order valence-corrected chi connectivity index (χ2v) is 4.80. The highest BCUT2D eigenvalue weighted by Gasteiger charge is 2.20. The van der Waals surface area contributed by atoms with Gasteiger partial charge in [-0.3, -0.25) is 0 Å². The molecule has 17 heavy (non-hydrogen) atoms. The summed E-state index contributed by atoms with van der Waals surface area (Å²) in [7, 11) is 3.73. The molecule has 1 aromatic carbocycles. The SMILES string of the molecule is CNC1CCN(c2cc(Cl)ccc2OC)CC1. The van der Waals surface area contributed by atoms with Gasteiger partial charge in [0.2, 0.25) is 0 Å². The van der Waals surface area contributed by atoms with Crippen LogP contribution in [0.3, 0.4) is 0 Å². The van der Waals surface area contributed by atoms with Crippen LogP contribution in [0.2, 0.25) is 5.02 Å². The van der Waals surface area contributed by atoms with Crippen LogP contribution in [0.4, 0.5) is 5.69 Å². The molecule has 94 valence electrons. The van der Waals surface area contributed by atoms with Crippen molar-refractivity contribution in [2.24, 2.45) is 0 Å². The molecule has 1 aliphatic heterocycles. The second-order valence-electron chi connectivity index (χ2n) is 4.37. The maximum absolute atomic E-state index is 6.05. The number of hydrogen-bond acceptors (Lipinski definition) is 3. The van der Waals surface area contributed by atoms with Gasteiger partial charge < -0.3 is 15.0 Å². The van der Waals surface area contributed by atoms with Crippen LogP contribution in [0.5, 0.6) is 5.75 Å². The fraction of sp³-hybridized carbons (Fsp3) is 0.538. The molecule has 0 unspecified atom stereocenters. The van der Waals surface area contributed by atoms with E-state index in [0.717, 1.165) is 42.4 Å². The van der Waals surface area contributed by atoms with E-state index in [4.69, 9.17) is 16.3 Å². The molecule has 0 bridgehead atoms. The first-order valence-corrected chi connectivity index (χ1v) is 6.38. The van der Waals surface area contributed by atoms with Gasteiger partial charge in [0.05, 0.1) is 12.8 Å². The van der Waals surface area contributed by atoms with Crippen molar-refractivity contribution in [2.45, 2.75) is 18.9 Å². The topological polar surface area (TPSA) is 24.5 Å². The maximum atomic E-state index is 6.05. The Morgan fingerprint density at radius 2 is 2.06 bits per heavy atom. The highest BCUT2D eigenvalue weighted by molar-refractivity contribution is 6.30. The zero-order valence-corrected chi connectivity index (χ0v) is 11.1. The highest BCUT2D eigenvalue weighted by Crippen LogP contribution is 2.32. The van der Waals surface area contributed by atoms with E-state index in [0.29, 0.717) is 6.04 Å². The van der Waals surface area contributed by atoms with Crippen LogP contribution >= 0.6 is 11.6 Å². The number of nitrogens with zero attached hydrogens (tertiary/aromatic N) is 1. The normalized spacial score (nSPS) is 17.2. The first-order valence-electron chi connectivity index (χ1n) is 6.00. The summed E-state index contributed by atoms with van der Waals surface area (Å²) >= 11 is 6.05. The summed E-state index contributed by atoms with van der Waals surface area (Å²) in [5.41, 5.74) is 1.11. The van der Waals surface area contributed by atoms with E-state index >= 15 is 0 Å². The summed E-state index contributed by atoms with van der Waals surface area (Å²) in [5.74, 6) is 0.900. The Kier molecular flexibility index (Phi) is 4.13. The van der Waals surface area contributed by atoms with E-state index in [1.807, 2.05) is 25.2 Å². The molecule has 0 saturated carbocycles. The number of nitrogens with one attached hydrogen (secondary N) is 1. The van der Waals surface area contributed by atoms with Gasteiger partial charge in [0.1, 0.15) is 5.75 Å². The number of rotatable bonds is 3. The Bertz CT molecular complexity index is 376.